The number of carbonyl (C=O) groups is 1. The number of aromatic nitrogens is 6. The summed E-state index contributed by atoms with van der Waals surface area (Å²) in [7, 11) is 0. The molecule has 0 aliphatic carbocycles. The van der Waals surface area contributed by atoms with Crippen molar-refractivity contribution in [3.8, 4) is 5.82 Å². The van der Waals surface area contributed by atoms with E-state index in [1.807, 2.05) is 0 Å². The Morgan fingerprint density at radius 3 is 2.68 bits per heavy atom. The number of rotatable bonds is 6. The summed E-state index contributed by atoms with van der Waals surface area (Å²) in [6.45, 7) is 5.94. The molecule has 0 saturated heterocycles. The predicted molar refractivity (Wildman–Crippen MR) is 87.9 cm³/mol. The largest absolute Gasteiger partial charge is 0.339 e. The molecule has 1 N–H and O–H groups in total. The SMILES string of the molecule is CC(C)Cc1noc(C(C)NC(=O)c2cccc(-n3cnnc3)n2)n1. The van der Waals surface area contributed by atoms with Crippen LogP contribution in [0.15, 0.2) is 35.4 Å². The molecule has 0 fully saturated rings. The highest BCUT2D eigenvalue weighted by atomic mass is 16.5. The lowest BCUT2D eigenvalue weighted by molar-refractivity contribution is 0.0927. The third-order valence-electron chi connectivity index (χ3n) is 3.44. The Morgan fingerprint density at radius 2 is 1.96 bits per heavy atom. The van der Waals surface area contributed by atoms with Crippen molar-refractivity contribution in [1.82, 2.24) is 35.2 Å². The van der Waals surface area contributed by atoms with E-state index >= 15 is 0 Å². The van der Waals surface area contributed by atoms with Gasteiger partial charge >= 0.3 is 0 Å². The van der Waals surface area contributed by atoms with Crippen LogP contribution in [-0.2, 0) is 6.42 Å². The van der Waals surface area contributed by atoms with E-state index in [-0.39, 0.29) is 11.6 Å². The Kier molecular flexibility index (Phi) is 4.82. The van der Waals surface area contributed by atoms with Gasteiger partial charge in [0.15, 0.2) is 5.82 Å². The van der Waals surface area contributed by atoms with Crippen molar-refractivity contribution in [1.29, 1.82) is 0 Å². The second kappa shape index (κ2) is 7.20. The molecular weight excluding hydrogens is 322 g/mol. The molecule has 0 aliphatic rings. The fourth-order valence-electron chi connectivity index (χ4n) is 2.24. The Balaban J connectivity index is 1.69. The molecule has 25 heavy (non-hydrogen) atoms. The maximum atomic E-state index is 12.4. The van der Waals surface area contributed by atoms with Crippen LogP contribution in [0.5, 0.6) is 0 Å². The summed E-state index contributed by atoms with van der Waals surface area (Å²) in [6.07, 6.45) is 3.76. The highest BCUT2D eigenvalue weighted by Gasteiger charge is 2.19. The molecule has 3 aromatic heterocycles. The van der Waals surface area contributed by atoms with Crippen molar-refractivity contribution >= 4 is 5.91 Å². The van der Waals surface area contributed by atoms with E-state index in [2.05, 4.69) is 44.5 Å². The molecule has 9 heteroatoms. The quantitative estimate of drug-likeness (QED) is 0.726. The van der Waals surface area contributed by atoms with Crippen molar-refractivity contribution in [2.45, 2.75) is 33.2 Å². The first-order chi connectivity index (χ1) is 12.0. The first-order valence-corrected chi connectivity index (χ1v) is 7.98. The molecule has 0 bridgehead atoms. The summed E-state index contributed by atoms with van der Waals surface area (Å²) < 4.78 is 6.85. The normalized spacial score (nSPS) is 12.3. The Labute approximate surface area is 144 Å². The third kappa shape index (κ3) is 4.06. The first-order valence-electron chi connectivity index (χ1n) is 7.98. The van der Waals surface area contributed by atoms with Gasteiger partial charge in [0, 0.05) is 6.42 Å². The third-order valence-corrected chi connectivity index (χ3v) is 3.44. The van der Waals surface area contributed by atoms with Gasteiger partial charge in [0.1, 0.15) is 30.2 Å². The maximum Gasteiger partial charge on any atom is 0.270 e. The lowest BCUT2D eigenvalue weighted by atomic mass is 10.1. The van der Waals surface area contributed by atoms with Crippen LogP contribution in [0.4, 0.5) is 0 Å². The van der Waals surface area contributed by atoms with Gasteiger partial charge in [-0.3, -0.25) is 9.36 Å². The van der Waals surface area contributed by atoms with E-state index in [0.717, 1.165) is 6.42 Å². The highest BCUT2D eigenvalue weighted by molar-refractivity contribution is 5.92. The molecule has 0 aromatic carbocycles. The Morgan fingerprint density at radius 1 is 1.20 bits per heavy atom. The molecule has 0 saturated carbocycles. The van der Waals surface area contributed by atoms with Gasteiger partial charge in [-0.15, -0.1) is 10.2 Å². The number of amides is 1. The van der Waals surface area contributed by atoms with Gasteiger partial charge in [-0.1, -0.05) is 25.1 Å². The topological polar surface area (TPSA) is 112 Å². The average molecular weight is 341 g/mol. The van der Waals surface area contributed by atoms with Crippen molar-refractivity contribution in [3.63, 3.8) is 0 Å². The van der Waals surface area contributed by atoms with Gasteiger partial charge in [-0.05, 0) is 25.0 Å². The van der Waals surface area contributed by atoms with Gasteiger partial charge in [-0.2, -0.15) is 4.98 Å². The molecule has 3 aromatic rings. The minimum absolute atomic E-state index is 0.278. The van der Waals surface area contributed by atoms with E-state index in [0.29, 0.717) is 23.5 Å². The lowest BCUT2D eigenvalue weighted by Gasteiger charge is -2.10. The zero-order valence-electron chi connectivity index (χ0n) is 14.2. The van der Waals surface area contributed by atoms with Gasteiger partial charge in [0.25, 0.3) is 5.91 Å². The minimum atomic E-state index is -0.415. The minimum Gasteiger partial charge on any atom is -0.339 e. The van der Waals surface area contributed by atoms with Gasteiger partial charge < -0.3 is 9.84 Å². The monoisotopic (exact) mass is 341 g/mol. The lowest BCUT2D eigenvalue weighted by Crippen LogP contribution is -2.28. The van der Waals surface area contributed by atoms with E-state index in [4.69, 9.17) is 4.52 Å². The van der Waals surface area contributed by atoms with Crippen molar-refractivity contribution in [3.05, 3.63) is 48.3 Å². The number of pyridine rings is 1. The van der Waals surface area contributed by atoms with Crippen molar-refractivity contribution < 1.29 is 9.32 Å². The zero-order chi connectivity index (χ0) is 17.8. The number of nitrogens with zero attached hydrogens (tertiary/aromatic N) is 6. The van der Waals surface area contributed by atoms with Crippen LogP contribution >= 0.6 is 0 Å². The molecule has 3 rings (SSSR count). The van der Waals surface area contributed by atoms with Crippen molar-refractivity contribution in [2.75, 3.05) is 0 Å². The van der Waals surface area contributed by atoms with Crippen LogP contribution < -0.4 is 5.32 Å². The summed E-state index contributed by atoms with van der Waals surface area (Å²) in [4.78, 5) is 21.1. The molecule has 0 radical (unpaired) electrons. The van der Waals surface area contributed by atoms with E-state index in [1.165, 1.54) is 12.7 Å². The molecular formula is C16H19N7O2. The van der Waals surface area contributed by atoms with Gasteiger partial charge in [0.05, 0.1) is 0 Å². The molecule has 3 heterocycles. The van der Waals surface area contributed by atoms with E-state index < -0.39 is 6.04 Å². The number of carbonyl (C=O) groups excluding carboxylic acids is 1. The van der Waals surface area contributed by atoms with Gasteiger partial charge in [-0.25, -0.2) is 4.98 Å². The molecule has 9 nitrogen and oxygen atoms in total. The number of hydrogen-bond acceptors (Lipinski definition) is 7. The first kappa shape index (κ1) is 16.7. The summed E-state index contributed by atoms with van der Waals surface area (Å²) in [5.41, 5.74) is 0.278. The standard InChI is InChI=1S/C16H19N7O2/c1-10(2)7-13-21-16(25-22-13)11(3)19-15(24)12-5-4-6-14(20-12)23-8-17-18-9-23/h4-6,8-11H,7H2,1-3H3,(H,19,24). The summed E-state index contributed by atoms with van der Waals surface area (Å²) in [5, 5.41) is 14.2. The summed E-state index contributed by atoms with van der Waals surface area (Å²) in [6, 6.07) is 4.73. The van der Waals surface area contributed by atoms with E-state index in [1.54, 1.807) is 29.7 Å². The van der Waals surface area contributed by atoms with Crippen LogP contribution in [0.1, 0.15) is 49.0 Å². The smallest absolute Gasteiger partial charge is 0.270 e. The van der Waals surface area contributed by atoms with E-state index in [9.17, 15) is 4.79 Å². The van der Waals surface area contributed by atoms with Crippen molar-refractivity contribution in [2.24, 2.45) is 5.92 Å². The molecule has 1 amide bonds. The Bertz CT molecular complexity index is 842. The molecule has 0 spiro atoms. The number of nitrogens with one attached hydrogen (secondary N) is 1. The molecule has 130 valence electrons. The van der Waals surface area contributed by atoms with Crippen LogP contribution in [-0.4, -0.2) is 35.8 Å². The summed E-state index contributed by atoms with van der Waals surface area (Å²) >= 11 is 0. The van der Waals surface area contributed by atoms with Crippen LogP contribution in [0.3, 0.4) is 0 Å². The fraction of sp³-hybridized carbons (Fsp3) is 0.375. The maximum absolute atomic E-state index is 12.4. The second-order valence-electron chi connectivity index (χ2n) is 6.09. The molecule has 0 aliphatic heterocycles. The van der Waals surface area contributed by atoms with Crippen LogP contribution in [0.25, 0.3) is 5.82 Å². The molecule has 1 unspecified atom stereocenters. The summed E-state index contributed by atoms with van der Waals surface area (Å²) in [5.74, 6) is 1.67. The zero-order valence-corrected chi connectivity index (χ0v) is 14.2. The van der Waals surface area contributed by atoms with Crippen LogP contribution in [0, 0.1) is 5.92 Å². The van der Waals surface area contributed by atoms with Gasteiger partial charge in [0.2, 0.25) is 5.89 Å². The second-order valence-corrected chi connectivity index (χ2v) is 6.09. The van der Waals surface area contributed by atoms with Crippen LogP contribution in [0.2, 0.25) is 0 Å². The Hall–Kier alpha value is -3.10. The molecule has 1 atom stereocenters. The number of hydrogen-bond donors (Lipinski definition) is 1. The highest BCUT2D eigenvalue weighted by Crippen LogP contribution is 2.13. The average Bonchev–Trinajstić information content (AvgIpc) is 3.26. The fourth-order valence-corrected chi connectivity index (χ4v) is 2.24. The predicted octanol–water partition coefficient (Wildman–Crippen LogP) is 1.73.